The summed E-state index contributed by atoms with van der Waals surface area (Å²) in [5.41, 5.74) is 3.13. The standard InChI is InChI=1S/C22H29NO2/c1-3-25-20-12-11-18(15-21(20)24-2)16-23-17-22(13-7-8-14-22)19-9-5-4-6-10-19/h4-6,9-12,15,23H,3,7-8,13-14,16-17H2,1-2H3/p+1. The van der Waals surface area contributed by atoms with Crippen LogP contribution in [-0.2, 0) is 12.0 Å². The second kappa shape index (κ2) is 8.39. The third-order valence-corrected chi connectivity index (χ3v) is 5.39. The van der Waals surface area contributed by atoms with Gasteiger partial charge in [0, 0.05) is 11.0 Å². The highest BCUT2D eigenvalue weighted by Crippen LogP contribution is 2.39. The van der Waals surface area contributed by atoms with Gasteiger partial charge in [0.05, 0.1) is 20.3 Å². The zero-order valence-electron chi connectivity index (χ0n) is 15.5. The van der Waals surface area contributed by atoms with E-state index in [-0.39, 0.29) is 0 Å². The van der Waals surface area contributed by atoms with E-state index >= 15 is 0 Å². The Kier molecular flexibility index (Phi) is 5.98. The van der Waals surface area contributed by atoms with Crippen LogP contribution in [0.25, 0.3) is 0 Å². The lowest BCUT2D eigenvalue weighted by Gasteiger charge is -2.28. The van der Waals surface area contributed by atoms with Crippen LogP contribution in [0.1, 0.15) is 43.7 Å². The fourth-order valence-corrected chi connectivity index (χ4v) is 4.08. The van der Waals surface area contributed by atoms with Gasteiger partial charge in [0.2, 0.25) is 0 Å². The van der Waals surface area contributed by atoms with E-state index in [1.54, 1.807) is 7.11 Å². The van der Waals surface area contributed by atoms with Gasteiger partial charge in [-0.2, -0.15) is 0 Å². The van der Waals surface area contributed by atoms with E-state index in [0.717, 1.165) is 24.6 Å². The first kappa shape index (κ1) is 17.8. The van der Waals surface area contributed by atoms with Crippen LogP contribution in [0.15, 0.2) is 48.5 Å². The second-order valence-electron chi connectivity index (χ2n) is 6.97. The fourth-order valence-electron chi connectivity index (χ4n) is 4.08. The molecule has 3 rings (SSSR count). The summed E-state index contributed by atoms with van der Waals surface area (Å²) in [6.45, 7) is 4.76. The third-order valence-electron chi connectivity index (χ3n) is 5.39. The number of benzene rings is 2. The van der Waals surface area contributed by atoms with E-state index in [1.165, 1.54) is 36.8 Å². The minimum absolute atomic E-state index is 0.344. The highest BCUT2D eigenvalue weighted by molar-refractivity contribution is 5.42. The van der Waals surface area contributed by atoms with Crippen LogP contribution in [0.4, 0.5) is 0 Å². The van der Waals surface area contributed by atoms with Crippen molar-refractivity contribution < 1.29 is 14.8 Å². The lowest BCUT2D eigenvalue weighted by Crippen LogP contribution is -2.86. The average molecular weight is 340 g/mol. The van der Waals surface area contributed by atoms with Crippen LogP contribution in [-0.4, -0.2) is 20.3 Å². The molecule has 3 heteroatoms. The molecule has 0 atom stereocenters. The molecule has 0 amide bonds. The number of ether oxygens (including phenoxy) is 2. The minimum Gasteiger partial charge on any atom is -0.493 e. The molecule has 25 heavy (non-hydrogen) atoms. The first-order valence-corrected chi connectivity index (χ1v) is 9.44. The molecule has 0 bridgehead atoms. The largest absolute Gasteiger partial charge is 0.493 e. The van der Waals surface area contributed by atoms with Crippen LogP contribution in [0.3, 0.4) is 0 Å². The summed E-state index contributed by atoms with van der Waals surface area (Å²) in [6, 6.07) is 17.3. The van der Waals surface area contributed by atoms with Gasteiger partial charge in [0.15, 0.2) is 11.5 Å². The van der Waals surface area contributed by atoms with E-state index in [1.807, 2.05) is 13.0 Å². The number of quaternary nitrogens is 1. The Balaban J connectivity index is 1.65. The van der Waals surface area contributed by atoms with Crippen molar-refractivity contribution in [1.29, 1.82) is 0 Å². The van der Waals surface area contributed by atoms with E-state index < -0.39 is 0 Å². The molecule has 1 aliphatic rings. The average Bonchev–Trinajstić information content (AvgIpc) is 3.14. The monoisotopic (exact) mass is 340 g/mol. The first-order valence-electron chi connectivity index (χ1n) is 9.44. The van der Waals surface area contributed by atoms with Crippen LogP contribution >= 0.6 is 0 Å². The van der Waals surface area contributed by atoms with E-state index in [0.29, 0.717) is 12.0 Å². The Morgan fingerprint density at radius 2 is 1.76 bits per heavy atom. The lowest BCUT2D eigenvalue weighted by molar-refractivity contribution is -0.677. The van der Waals surface area contributed by atoms with Crippen molar-refractivity contribution in [2.75, 3.05) is 20.3 Å². The van der Waals surface area contributed by atoms with Crippen LogP contribution in [0, 0.1) is 0 Å². The molecule has 0 aliphatic heterocycles. The highest BCUT2D eigenvalue weighted by Gasteiger charge is 2.37. The molecule has 0 unspecified atom stereocenters. The van der Waals surface area contributed by atoms with Gasteiger partial charge in [-0.05, 0) is 43.5 Å². The van der Waals surface area contributed by atoms with Gasteiger partial charge < -0.3 is 14.8 Å². The molecule has 0 saturated heterocycles. The summed E-state index contributed by atoms with van der Waals surface area (Å²) in [6.07, 6.45) is 5.31. The number of nitrogens with two attached hydrogens (primary N) is 1. The van der Waals surface area contributed by atoms with Gasteiger partial charge in [0.25, 0.3) is 0 Å². The molecule has 3 nitrogen and oxygen atoms in total. The summed E-state index contributed by atoms with van der Waals surface area (Å²) < 4.78 is 11.1. The Bertz CT molecular complexity index is 663. The summed E-state index contributed by atoms with van der Waals surface area (Å²) in [5, 5.41) is 2.45. The van der Waals surface area contributed by atoms with Gasteiger partial charge in [-0.25, -0.2) is 0 Å². The third kappa shape index (κ3) is 4.16. The van der Waals surface area contributed by atoms with Gasteiger partial charge >= 0.3 is 0 Å². The molecular weight excluding hydrogens is 310 g/mol. The molecule has 0 heterocycles. The molecule has 0 radical (unpaired) electrons. The van der Waals surface area contributed by atoms with Crippen molar-refractivity contribution in [2.24, 2.45) is 0 Å². The fraction of sp³-hybridized carbons (Fsp3) is 0.455. The summed E-state index contributed by atoms with van der Waals surface area (Å²) in [4.78, 5) is 0. The predicted molar refractivity (Wildman–Crippen MR) is 101 cm³/mol. The molecular formula is C22H30NO2+. The van der Waals surface area contributed by atoms with Crippen LogP contribution in [0.5, 0.6) is 11.5 Å². The van der Waals surface area contributed by atoms with Crippen molar-refractivity contribution in [3.8, 4) is 11.5 Å². The number of rotatable bonds is 8. The SMILES string of the molecule is CCOc1ccc(C[NH2+]CC2(c3ccccc3)CCCC2)cc1OC. The smallest absolute Gasteiger partial charge is 0.161 e. The zero-order valence-corrected chi connectivity index (χ0v) is 15.5. The molecule has 0 aromatic heterocycles. The predicted octanol–water partition coefficient (Wildman–Crippen LogP) is 3.67. The van der Waals surface area contributed by atoms with Gasteiger partial charge in [-0.3, -0.25) is 0 Å². The maximum atomic E-state index is 5.61. The quantitative estimate of drug-likeness (QED) is 0.796. The molecule has 2 aromatic rings. The van der Waals surface area contributed by atoms with Crippen molar-refractivity contribution in [3.63, 3.8) is 0 Å². The maximum Gasteiger partial charge on any atom is 0.161 e. The van der Waals surface area contributed by atoms with Gasteiger partial charge in [-0.1, -0.05) is 43.2 Å². The minimum atomic E-state index is 0.344. The summed E-state index contributed by atoms with van der Waals surface area (Å²) >= 11 is 0. The number of hydrogen-bond acceptors (Lipinski definition) is 2. The highest BCUT2D eigenvalue weighted by atomic mass is 16.5. The number of methoxy groups -OCH3 is 1. The van der Waals surface area contributed by atoms with E-state index in [4.69, 9.17) is 9.47 Å². The van der Waals surface area contributed by atoms with Crippen molar-refractivity contribution in [1.82, 2.24) is 0 Å². The summed E-state index contributed by atoms with van der Waals surface area (Å²) in [5.74, 6) is 1.65. The lowest BCUT2D eigenvalue weighted by atomic mass is 9.79. The topological polar surface area (TPSA) is 35.1 Å². The Labute approximate surface area is 151 Å². The second-order valence-corrected chi connectivity index (χ2v) is 6.97. The van der Waals surface area contributed by atoms with E-state index in [2.05, 4.69) is 47.8 Å². The Hall–Kier alpha value is -2.00. The molecule has 1 saturated carbocycles. The summed E-state index contributed by atoms with van der Waals surface area (Å²) in [7, 11) is 1.70. The molecule has 1 fully saturated rings. The van der Waals surface area contributed by atoms with Crippen molar-refractivity contribution >= 4 is 0 Å². The van der Waals surface area contributed by atoms with Gasteiger partial charge in [-0.15, -0.1) is 0 Å². The van der Waals surface area contributed by atoms with Crippen molar-refractivity contribution in [2.45, 2.75) is 44.6 Å². The zero-order chi connectivity index (χ0) is 17.5. The Morgan fingerprint density at radius 1 is 1.00 bits per heavy atom. The molecule has 2 N–H and O–H groups in total. The molecule has 134 valence electrons. The molecule has 2 aromatic carbocycles. The van der Waals surface area contributed by atoms with Crippen LogP contribution < -0.4 is 14.8 Å². The Morgan fingerprint density at radius 3 is 2.44 bits per heavy atom. The maximum absolute atomic E-state index is 5.61. The number of hydrogen-bond donors (Lipinski definition) is 1. The van der Waals surface area contributed by atoms with E-state index in [9.17, 15) is 0 Å². The molecule has 1 aliphatic carbocycles. The van der Waals surface area contributed by atoms with Crippen LogP contribution in [0.2, 0.25) is 0 Å². The van der Waals surface area contributed by atoms with Crippen molar-refractivity contribution in [3.05, 3.63) is 59.7 Å². The van der Waals surface area contributed by atoms with Gasteiger partial charge in [0.1, 0.15) is 6.54 Å². The normalized spacial score (nSPS) is 15.9. The first-order chi connectivity index (χ1) is 12.3. The molecule has 0 spiro atoms.